The Morgan fingerprint density at radius 2 is 1.69 bits per heavy atom. The monoisotopic (exact) mass is 193 g/mol. The van der Waals surface area contributed by atoms with Crippen LogP contribution in [0.15, 0.2) is 24.3 Å². The van der Waals surface area contributed by atoms with E-state index in [0.717, 1.165) is 18.9 Å². The molecule has 0 heterocycles. The van der Waals surface area contributed by atoms with Crippen molar-refractivity contribution in [2.45, 2.75) is 32.4 Å². The van der Waals surface area contributed by atoms with Crippen molar-refractivity contribution < 1.29 is 4.80 Å². The molecule has 1 rings (SSSR count). The Hall–Kier alpha value is -0.603. The van der Waals surface area contributed by atoms with E-state index in [0.29, 0.717) is 0 Å². The van der Waals surface area contributed by atoms with Gasteiger partial charge < -0.3 is 0 Å². The summed E-state index contributed by atoms with van der Waals surface area (Å²) in [4.78, 5) is 9.22. The summed E-state index contributed by atoms with van der Waals surface area (Å²) in [5, 5.41) is 0. The Morgan fingerprint density at radius 3 is 2.15 bits per heavy atom. The van der Waals surface area contributed by atoms with E-state index in [-0.39, 0.29) is 0 Å². The summed E-state index contributed by atoms with van der Waals surface area (Å²) in [6.45, 7) is 4.10. The van der Waals surface area contributed by atoms with Crippen molar-refractivity contribution in [3.8, 4) is 0 Å². The van der Waals surface area contributed by atoms with E-state index in [1.54, 1.807) is 0 Å². The molecule has 1 aromatic carbocycles. The second-order valence-corrected chi connectivity index (χ2v) is 5.38. The molecule has 2 heteroatoms. The Kier molecular flexibility index (Phi) is 4.19. The molecule has 0 aromatic heterocycles. The highest BCUT2D eigenvalue weighted by Crippen LogP contribution is 2.08. The lowest BCUT2D eigenvalue weighted by atomic mass is 10.1. The van der Waals surface area contributed by atoms with Gasteiger partial charge in [-0.15, -0.1) is 0 Å². The van der Waals surface area contributed by atoms with E-state index in [1.807, 2.05) is 6.55 Å². The predicted octanol–water partition coefficient (Wildman–Crippen LogP) is 2.41. The van der Waals surface area contributed by atoms with Gasteiger partial charge in [0.2, 0.25) is 0 Å². The number of aryl methyl sites for hydroxylation is 2. The van der Waals surface area contributed by atoms with Crippen LogP contribution in [0.3, 0.4) is 0 Å². The van der Waals surface area contributed by atoms with Crippen molar-refractivity contribution in [3.05, 3.63) is 35.4 Å². The standard InChI is InChI=1S/C11H17OSi/c1-3-10-4-6-11(7-5-10)8-9-13(2)12/h4-7,12H,3,8-9H2,1-2H3/q+1. The zero-order valence-corrected chi connectivity index (χ0v) is 9.38. The molecule has 1 aromatic rings. The van der Waals surface area contributed by atoms with Gasteiger partial charge in [-0.3, -0.25) is 0 Å². The summed E-state index contributed by atoms with van der Waals surface area (Å²) in [7, 11) is -1.05. The smallest absolute Gasteiger partial charge is 0.242 e. The third-order valence-electron chi connectivity index (χ3n) is 2.21. The summed E-state index contributed by atoms with van der Waals surface area (Å²) >= 11 is 0. The maximum Gasteiger partial charge on any atom is 0.465 e. The van der Waals surface area contributed by atoms with Crippen molar-refractivity contribution in [3.63, 3.8) is 0 Å². The van der Waals surface area contributed by atoms with Crippen molar-refractivity contribution in [2.75, 3.05) is 0 Å². The van der Waals surface area contributed by atoms with Crippen LogP contribution in [-0.4, -0.2) is 13.8 Å². The summed E-state index contributed by atoms with van der Waals surface area (Å²) < 4.78 is 0. The maximum absolute atomic E-state index is 9.22. The van der Waals surface area contributed by atoms with E-state index in [9.17, 15) is 4.80 Å². The number of hydrogen-bond donors (Lipinski definition) is 1. The molecule has 70 valence electrons. The first kappa shape index (κ1) is 10.5. The largest absolute Gasteiger partial charge is 0.465 e. The van der Waals surface area contributed by atoms with E-state index >= 15 is 0 Å². The van der Waals surface area contributed by atoms with Gasteiger partial charge in [0.05, 0.1) is 12.6 Å². The maximum atomic E-state index is 9.22. The molecule has 13 heavy (non-hydrogen) atoms. The molecule has 0 amide bonds. The molecule has 0 saturated carbocycles. The molecule has 0 spiro atoms. The van der Waals surface area contributed by atoms with Gasteiger partial charge in [-0.25, -0.2) is 4.80 Å². The summed E-state index contributed by atoms with van der Waals surface area (Å²) in [6, 6.07) is 9.65. The van der Waals surface area contributed by atoms with Crippen LogP contribution in [0.4, 0.5) is 0 Å². The van der Waals surface area contributed by atoms with Gasteiger partial charge >= 0.3 is 9.04 Å². The van der Waals surface area contributed by atoms with Crippen molar-refractivity contribution in [1.29, 1.82) is 0 Å². The first-order valence-corrected chi connectivity index (χ1v) is 6.97. The Bertz CT molecular complexity index is 241. The molecule has 0 radical (unpaired) electrons. The van der Waals surface area contributed by atoms with Crippen LogP contribution in [0.1, 0.15) is 18.1 Å². The lowest BCUT2D eigenvalue weighted by Gasteiger charge is -1.99. The minimum absolute atomic E-state index is 0.955. The normalized spacial score (nSPS) is 10.1. The molecule has 0 bridgehead atoms. The molecular formula is C11H17OSi+. The molecule has 1 N–H and O–H groups in total. The fourth-order valence-electron chi connectivity index (χ4n) is 1.27. The third kappa shape index (κ3) is 3.74. The van der Waals surface area contributed by atoms with Crippen LogP contribution in [0.2, 0.25) is 12.6 Å². The minimum atomic E-state index is -1.05. The zero-order valence-electron chi connectivity index (χ0n) is 8.38. The van der Waals surface area contributed by atoms with Crippen LogP contribution in [-0.2, 0) is 12.8 Å². The van der Waals surface area contributed by atoms with Gasteiger partial charge in [0.25, 0.3) is 0 Å². The van der Waals surface area contributed by atoms with Gasteiger partial charge in [0.1, 0.15) is 0 Å². The molecular weight excluding hydrogens is 176 g/mol. The SMILES string of the molecule is CCc1ccc(CC[Si+](C)O)cc1. The molecule has 0 atom stereocenters. The molecule has 1 nitrogen and oxygen atoms in total. The van der Waals surface area contributed by atoms with Crippen LogP contribution < -0.4 is 0 Å². The van der Waals surface area contributed by atoms with Gasteiger partial charge in [-0.05, 0) is 17.5 Å². The number of hydrogen-bond acceptors (Lipinski definition) is 1. The van der Waals surface area contributed by atoms with Crippen LogP contribution >= 0.6 is 0 Å². The van der Waals surface area contributed by atoms with Crippen LogP contribution in [0, 0.1) is 0 Å². The summed E-state index contributed by atoms with van der Waals surface area (Å²) in [5.41, 5.74) is 2.73. The second kappa shape index (κ2) is 5.20. The highest BCUT2D eigenvalue weighted by atomic mass is 28.3. The summed E-state index contributed by atoms with van der Waals surface area (Å²) in [6.07, 6.45) is 2.12. The second-order valence-electron chi connectivity index (χ2n) is 3.41. The highest BCUT2D eigenvalue weighted by molar-refractivity contribution is 6.48. The molecule has 0 aliphatic heterocycles. The average Bonchev–Trinajstić information content (AvgIpc) is 2.15. The fourth-order valence-corrected chi connectivity index (χ4v) is 1.92. The lowest BCUT2D eigenvalue weighted by Crippen LogP contribution is -2.05. The van der Waals surface area contributed by atoms with Crippen molar-refractivity contribution in [1.82, 2.24) is 0 Å². The lowest BCUT2D eigenvalue weighted by molar-refractivity contribution is 0.575. The fraction of sp³-hybridized carbons (Fsp3) is 0.455. The van der Waals surface area contributed by atoms with Gasteiger partial charge in [0.15, 0.2) is 0 Å². The summed E-state index contributed by atoms with van der Waals surface area (Å²) in [5.74, 6) is 0. The average molecular weight is 193 g/mol. The molecule has 0 fully saturated rings. The highest BCUT2D eigenvalue weighted by Gasteiger charge is 2.13. The molecule has 0 saturated heterocycles. The topological polar surface area (TPSA) is 20.2 Å². The predicted molar refractivity (Wildman–Crippen MR) is 58.2 cm³/mol. The van der Waals surface area contributed by atoms with Crippen LogP contribution in [0.25, 0.3) is 0 Å². The van der Waals surface area contributed by atoms with Crippen molar-refractivity contribution >= 4 is 9.04 Å². The third-order valence-corrected chi connectivity index (χ3v) is 3.18. The Morgan fingerprint density at radius 1 is 1.15 bits per heavy atom. The van der Waals surface area contributed by atoms with Crippen LogP contribution in [0.5, 0.6) is 0 Å². The molecule has 0 aliphatic carbocycles. The Labute approximate surface area is 82.2 Å². The minimum Gasteiger partial charge on any atom is -0.242 e. The first-order chi connectivity index (χ1) is 6.22. The quantitative estimate of drug-likeness (QED) is 0.728. The van der Waals surface area contributed by atoms with Crippen molar-refractivity contribution in [2.24, 2.45) is 0 Å². The first-order valence-electron chi connectivity index (χ1n) is 4.81. The molecule has 0 aliphatic rings. The number of benzene rings is 1. The molecule has 0 unspecified atom stereocenters. The van der Waals surface area contributed by atoms with Gasteiger partial charge in [0, 0.05) is 6.42 Å². The zero-order chi connectivity index (χ0) is 9.68. The van der Waals surface area contributed by atoms with E-state index in [1.165, 1.54) is 11.1 Å². The van der Waals surface area contributed by atoms with Gasteiger partial charge in [-0.1, -0.05) is 31.2 Å². The Balaban J connectivity index is 2.49. The van der Waals surface area contributed by atoms with Gasteiger partial charge in [-0.2, -0.15) is 0 Å². The number of rotatable bonds is 4. The van der Waals surface area contributed by atoms with E-state index in [2.05, 4.69) is 31.2 Å². The van der Waals surface area contributed by atoms with E-state index in [4.69, 9.17) is 0 Å². The van der Waals surface area contributed by atoms with E-state index < -0.39 is 9.04 Å².